The number of nitrogens with one attached hydrogen (secondary N) is 1. The summed E-state index contributed by atoms with van der Waals surface area (Å²) in [7, 11) is 0. The van der Waals surface area contributed by atoms with Gasteiger partial charge in [0.2, 0.25) is 5.95 Å². The quantitative estimate of drug-likeness (QED) is 0.538. The molecule has 0 radical (unpaired) electrons. The van der Waals surface area contributed by atoms with Crippen LogP contribution in [-0.2, 0) is 22.6 Å². The third-order valence-electron chi connectivity index (χ3n) is 7.27. The van der Waals surface area contributed by atoms with Crippen molar-refractivity contribution >= 4 is 24.0 Å². The first-order valence-corrected chi connectivity index (χ1v) is 13.8. The average molecular weight is 537 g/mol. The van der Waals surface area contributed by atoms with Gasteiger partial charge in [-0.15, -0.1) is 0 Å². The molecule has 39 heavy (non-hydrogen) atoms. The first-order valence-electron chi connectivity index (χ1n) is 13.8. The zero-order valence-electron chi connectivity index (χ0n) is 23.9. The van der Waals surface area contributed by atoms with Crippen molar-refractivity contribution < 1.29 is 19.1 Å². The Kier molecular flexibility index (Phi) is 7.17. The number of carbonyl (C=O) groups is 2. The van der Waals surface area contributed by atoms with E-state index in [1.165, 1.54) is 5.56 Å². The highest BCUT2D eigenvalue weighted by Crippen LogP contribution is 2.41. The SMILES string of the molecule is CC(C)CN1C(=O)OCc2cnc(N[C@@H](C)c3ccc(CN4CC5(C4)CN(C(=O)OC(C)(C)C)C5)cc3)nc21. The van der Waals surface area contributed by atoms with Gasteiger partial charge in [-0.25, -0.2) is 14.6 Å². The van der Waals surface area contributed by atoms with E-state index in [9.17, 15) is 9.59 Å². The summed E-state index contributed by atoms with van der Waals surface area (Å²) in [6, 6.07) is 8.60. The van der Waals surface area contributed by atoms with E-state index < -0.39 is 5.60 Å². The van der Waals surface area contributed by atoms with E-state index in [4.69, 9.17) is 9.47 Å². The summed E-state index contributed by atoms with van der Waals surface area (Å²) in [6.07, 6.45) is 1.16. The van der Waals surface area contributed by atoms with Gasteiger partial charge in [0, 0.05) is 50.9 Å². The highest BCUT2D eigenvalue weighted by molar-refractivity contribution is 5.89. The fraction of sp³-hybridized carbons (Fsp3) is 0.586. The summed E-state index contributed by atoms with van der Waals surface area (Å²) < 4.78 is 10.8. The van der Waals surface area contributed by atoms with E-state index in [0.29, 0.717) is 18.3 Å². The Morgan fingerprint density at radius 2 is 1.82 bits per heavy atom. The molecule has 1 atom stereocenters. The van der Waals surface area contributed by atoms with Crippen LogP contribution in [0, 0.1) is 11.3 Å². The molecule has 0 unspecified atom stereocenters. The number of nitrogens with zero attached hydrogens (tertiary/aromatic N) is 5. The minimum absolute atomic E-state index is 0.00715. The van der Waals surface area contributed by atoms with Gasteiger partial charge in [0.25, 0.3) is 0 Å². The Labute approximate surface area is 230 Å². The molecule has 2 amide bonds. The lowest BCUT2D eigenvalue weighted by molar-refractivity contribution is -0.115. The van der Waals surface area contributed by atoms with Gasteiger partial charge < -0.3 is 19.7 Å². The van der Waals surface area contributed by atoms with Crippen LogP contribution in [0.25, 0.3) is 0 Å². The number of aromatic nitrogens is 2. The van der Waals surface area contributed by atoms with Gasteiger partial charge >= 0.3 is 12.2 Å². The minimum atomic E-state index is -0.456. The van der Waals surface area contributed by atoms with Crippen LogP contribution in [0.15, 0.2) is 30.5 Å². The maximum Gasteiger partial charge on any atom is 0.415 e. The number of carbonyl (C=O) groups excluding carboxylic acids is 2. The zero-order valence-corrected chi connectivity index (χ0v) is 23.9. The maximum atomic E-state index is 12.3. The maximum absolute atomic E-state index is 12.3. The molecule has 1 spiro atoms. The third kappa shape index (κ3) is 6.11. The van der Waals surface area contributed by atoms with Gasteiger partial charge in [0.1, 0.15) is 18.0 Å². The first-order chi connectivity index (χ1) is 18.4. The largest absolute Gasteiger partial charge is 0.444 e. The molecule has 0 aliphatic carbocycles. The van der Waals surface area contributed by atoms with Gasteiger partial charge in [-0.1, -0.05) is 38.1 Å². The predicted octanol–water partition coefficient (Wildman–Crippen LogP) is 4.82. The van der Waals surface area contributed by atoms with Crippen LogP contribution in [-0.4, -0.2) is 70.3 Å². The lowest BCUT2D eigenvalue weighted by atomic mass is 9.73. The molecule has 0 saturated carbocycles. The molecule has 1 N–H and O–H groups in total. The second-order valence-corrected chi connectivity index (χ2v) is 12.7. The molecule has 1 aromatic heterocycles. The highest BCUT2D eigenvalue weighted by atomic mass is 16.6. The number of cyclic esters (lactones) is 1. The van der Waals surface area contributed by atoms with Crippen molar-refractivity contribution in [3.05, 3.63) is 47.2 Å². The van der Waals surface area contributed by atoms with Crippen LogP contribution in [0.2, 0.25) is 0 Å². The molecule has 2 saturated heterocycles. The third-order valence-corrected chi connectivity index (χ3v) is 7.27. The molecule has 4 heterocycles. The number of likely N-dealkylation sites (tertiary alicyclic amines) is 2. The molecular weight excluding hydrogens is 496 g/mol. The second-order valence-electron chi connectivity index (χ2n) is 12.7. The summed E-state index contributed by atoms with van der Waals surface area (Å²) in [6.45, 7) is 17.1. The van der Waals surface area contributed by atoms with E-state index in [1.807, 2.05) is 25.7 Å². The molecule has 2 aromatic rings. The zero-order chi connectivity index (χ0) is 27.9. The lowest BCUT2D eigenvalue weighted by Gasteiger charge is -2.60. The van der Waals surface area contributed by atoms with Crippen LogP contribution in [0.4, 0.5) is 21.4 Å². The van der Waals surface area contributed by atoms with Crippen LogP contribution in [0.3, 0.4) is 0 Å². The van der Waals surface area contributed by atoms with Crippen molar-refractivity contribution in [1.29, 1.82) is 0 Å². The van der Waals surface area contributed by atoms with Crippen molar-refractivity contribution in [2.75, 3.05) is 42.9 Å². The summed E-state index contributed by atoms with van der Waals surface area (Å²) >= 11 is 0. The Morgan fingerprint density at radius 1 is 1.13 bits per heavy atom. The molecule has 10 nitrogen and oxygen atoms in total. The monoisotopic (exact) mass is 536 g/mol. The number of amides is 2. The highest BCUT2D eigenvalue weighted by Gasteiger charge is 2.53. The minimum Gasteiger partial charge on any atom is -0.444 e. The standard InChI is InChI=1S/C29H40N6O4/c1-19(2)12-35-24-23(14-38-27(35)37)11-30-25(32-24)31-20(3)22-9-7-21(8-10-22)13-33-15-29(16-33)17-34(18-29)26(36)39-28(4,5)6/h7-11,19-20H,12-18H2,1-6H3,(H,30,31,32)/t20-/m0/s1. The molecule has 10 heteroatoms. The van der Waals surface area contributed by atoms with Crippen LogP contribution < -0.4 is 10.2 Å². The first kappa shape index (κ1) is 27.2. The number of ether oxygens (including phenoxy) is 2. The molecular formula is C29H40N6O4. The van der Waals surface area contributed by atoms with Crippen molar-refractivity contribution in [2.45, 2.75) is 66.3 Å². The van der Waals surface area contributed by atoms with Gasteiger partial charge in [0.05, 0.1) is 11.6 Å². The Morgan fingerprint density at radius 3 is 2.46 bits per heavy atom. The van der Waals surface area contributed by atoms with Gasteiger partial charge in [-0.3, -0.25) is 9.80 Å². The fourth-order valence-corrected chi connectivity index (χ4v) is 5.51. The normalized spacial score (nSPS) is 19.2. The average Bonchev–Trinajstić information content (AvgIpc) is 2.80. The van der Waals surface area contributed by atoms with E-state index in [1.54, 1.807) is 11.1 Å². The Balaban J connectivity index is 1.12. The predicted molar refractivity (Wildman–Crippen MR) is 148 cm³/mol. The number of fused-ring (bicyclic) bond motifs is 1. The Hall–Kier alpha value is -3.40. The lowest BCUT2D eigenvalue weighted by Crippen LogP contribution is -2.72. The van der Waals surface area contributed by atoms with Crippen LogP contribution >= 0.6 is 0 Å². The van der Waals surface area contributed by atoms with Gasteiger partial charge in [0.15, 0.2) is 0 Å². The van der Waals surface area contributed by atoms with Crippen molar-refractivity contribution in [3.8, 4) is 0 Å². The Bertz CT molecular complexity index is 1210. The molecule has 5 rings (SSSR count). The van der Waals surface area contributed by atoms with E-state index >= 15 is 0 Å². The number of benzene rings is 1. The molecule has 3 aliphatic rings. The summed E-state index contributed by atoms with van der Waals surface area (Å²) in [5.41, 5.74) is 2.97. The molecule has 0 bridgehead atoms. The van der Waals surface area contributed by atoms with Gasteiger partial charge in [-0.2, -0.15) is 4.98 Å². The van der Waals surface area contributed by atoms with E-state index in [-0.39, 0.29) is 36.2 Å². The van der Waals surface area contributed by atoms with E-state index in [0.717, 1.165) is 43.9 Å². The topological polar surface area (TPSA) is 100 Å². The second kappa shape index (κ2) is 10.3. The summed E-state index contributed by atoms with van der Waals surface area (Å²) in [5.74, 6) is 1.39. The molecule has 3 aliphatic heterocycles. The van der Waals surface area contributed by atoms with Crippen molar-refractivity contribution in [2.24, 2.45) is 11.3 Å². The number of anilines is 2. The van der Waals surface area contributed by atoms with Crippen LogP contribution in [0.5, 0.6) is 0 Å². The summed E-state index contributed by atoms with van der Waals surface area (Å²) in [5, 5.41) is 3.38. The fourth-order valence-electron chi connectivity index (χ4n) is 5.51. The summed E-state index contributed by atoms with van der Waals surface area (Å²) in [4.78, 5) is 39.5. The molecule has 1 aromatic carbocycles. The molecule has 2 fully saturated rings. The number of hydrogen-bond donors (Lipinski definition) is 1. The smallest absolute Gasteiger partial charge is 0.415 e. The number of hydrogen-bond acceptors (Lipinski definition) is 8. The van der Waals surface area contributed by atoms with Gasteiger partial charge in [-0.05, 0) is 44.7 Å². The number of rotatable bonds is 7. The van der Waals surface area contributed by atoms with E-state index in [2.05, 4.69) is 65.2 Å². The van der Waals surface area contributed by atoms with Crippen molar-refractivity contribution in [3.63, 3.8) is 0 Å². The molecule has 210 valence electrons. The van der Waals surface area contributed by atoms with Crippen LogP contribution in [0.1, 0.15) is 64.3 Å². The van der Waals surface area contributed by atoms with Crippen molar-refractivity contribution in [1.82, 2.24) is 19.8 Å².